The summed E-state index contributed by atoms with van der Waals surface area (Å²) in [5.74, 6) is 7.55. The van der Waals surface area contributed by atoms with Crippen LogP contribution < -0.4 is 16.2 Å². The normalized spacial score (nSPS) is 11.7. The lowest BCUT2D eigenvalue weighted by Crippen LogP contribution is -2.29. The molecule has 6 nitrogen and oxygen atoms in total. The minimum atomic E-state index is 0.102. The summed E-state index contributed by atoms with van der Waals surface area (Å²) in [4.78, 5) is 10.7. The van der Waals surface area contributed by atoms with Gasteiger partial charge in [-0.2, -0.15) is 5.26 Å². The molecule has 0 saturated carbocycles. The zero-order valence-electron chi connectivity index (χ0n) is 11.1. The first-order chi connectivity index (χ1) is 8.62. The molecule has 1 aromatic rings. The van der Waals surface area contributed by atoms with Crippen LogP contribution in [-0.4, -0.2) is 23.1 Å². The van der Waals surface area contributed by atoms with Gasteiger partial charge in [-0.25, -0.2) is 15.8 Å². The average molecular weight is 248 g/mol. The first kappa shape index (κ1) is 14.2. The van der Waals surface area contributed by atoms with Crippen LogP contribution in [-0.2, 0) is 6.42 Å². The first-order valence-electron chi connectivity index (χ1n) is 6.06. The number of nitriles is 1. The number of aryl methyl sites for hydroxylation is 1. The predicted octanol–water partition coefficient (Wildman–Crippen LogP) is 1.45. The van der Waals surface area contributed by atoms with Crippen molar-refractivity contribution in [2.24, 2.45) is 5.84 Å². The van der Waals surface area contributed by atoms with Gasteiger partial charge in [0.1, 0.15) is 17.5 Å². The summed E-state index contributed by atoms with van der Waals surface area (Å²) in [6.07, 6.45) is 2.24. The van der Waals surface area contributed by atoms with Gasteiger partial charge in [-0.3, -0.25) is 0 Å². The number of hydrogen-bond acceptors (Lipinski definition) is 6. The van der Waals surface area contributed by atoms with E-state index < -0.39 is 0 Å². The lowest BCUT2D eigenvalue weighted by Gasteiger charge is -2.24. The zero-order valence-corrected chi connectivity index (χ0v) is 11.1. The van der Waals surface area contributed by atoms with E-state index in [1.54, 1.807) is 6.07 Å². The van der Waals surface area contributed by atoms with Gasteiger partial charge in [0, 0.05) is 25.6 Å². The van der Waals surface area contributed by atoms with Crippen LogP contribution in [0.5, 0.6) is 0 Å². The van der Waals surface area contributed by atoms with E-state index in [4.69, 9.17) is 11.1 Å². The molecule has 0 bridgehead atoms. The molecule has 0 radical (unpaired) electrons. The zero-order chi connectivity index (χ0) is 13.5. The molecule has 3 N–H and O–H groups in total. The Morgan fingerprint density at radius 3 is 2.83 bits per heavy atom. The number of hydrogen-bond donors (Lipinski definition) is 2. The van der Waals surface area contributed by atoms with E-state index in [0.29, 0.717) is 12.2 Å². The quantitative estimate of drug-likeness (QED) is 0.585. The van der Waals surface area contributed by atoms with E-state index in [2.05, 4.69) is 28.4 Å². The summed E-state index contributed by atoms with van der Waals surface area (Å²) < 4.78 is 0. The molecular formula is C12H20N6. The van der Waals surface area contributed by atoms with Crippen LogP contribution in [0.3, 0.4) is 0 Å². The topological polar surface area (TPSA) is 90.9 Å². The fourth-order valence-electron chi connectivity index (χ4n) is 1.57. The third-order valence-electron chi connectivity index (χ3n) is 2.79. The highest BCUT2D eigenvalue weighted by Gasteiger charge is 2.13. The molecule has 0 spiro atoms. The van der Waals surface area contributed by atoms with Crippen molar-refractivity contribution < 1.29 is 0 Å². The number of aromatic nitrogens is 2. The van der Waals surface area contributed by atoms with Crippen LogP contribution in [0.1, 0.15) is 32.5 Å². The summed E-state index contributed by atoms with van der Waals surface area (Å²) in [5, 5.41) is 8.73. The number of anilines is 2. The van der Waals surface area contributed by atoms with Crippen molar-refractivity contribution in [3.63, 3.8) is 0 Å². The third kappa shape index (κ3) is 3.57. The number of rotatable bonds is 6. The molecule has 0 saturated heterocycles. The summed E-state index contributed by atoms with van der Waals surface area (Å²) in [5.41, 5.74) is 2.55. The van der Waals surface area contributed by atoms with E-state index in [1.165, 1.54) is 0 Å². The smallest absolute Gasteiger partial charge is 0.145 e. The molecule has 6 heteroatoms. The van der Waals surface area contributed by atoms with Crippen LogP contribution in [0.15, 0.2) is 6.07 Å². The lowest BCUT2D eigenvalue weighted by atomic mass is 10.2. The van der Waals surface area contributed by atoms with Gasteiger partial charge >= 0.3 is 0 Å². The molecule has 0 aliphatic carbocycles. The summed E-state index contributed by atoms with van der Waals surface area (Å²) in [7, 11) is 1.92. The van der Waals surface area contributed by atoms with Crippen LogP contribution in [0.4, 0.5) is 11.6 Å². The van der Waals surface area contributed by atoms with Crippen molar-refractivity contribution in [2.45, 2.75) is 39.2 Å². The van der Waals surface area contributed by atoms with Crippen LogP contribution in [0.2, 0.25) is 0 Å². The molecule has 0 aromatic carbocycles. The summed E-state index contributed by atoms with van der Waals surface area (Å²) in [6, 6.07) is 4.05. The molecule has 1 heterocycles. The maximum Gasteiger partial charge on any atom is 0.145 e. The molecule has 18 heavy (non-hydrogen) atoms. The van der Waals surface area contributed by atoms with Gasteiger partial charge in [0.15, 0.2) is 0 Å². The SMILES string of the molecule is CCCc1nc(NN)cc(N(C)C(C)CC#N)n1. The van der Waals surface area contributed by atoms with Crippen molar-refractivity contribution >= 4 is 11.6 Å². The molecule has 0 amide bonds. The maximum atomic E-state index is 8.73. The predicted molar refractivity (Wildman–Crippen MR) is 71.9 cm³/mol. The van der Waals surface area contributed by atoms with Gasteiger partial charge in [0.25, 0.3) is 0 Å². The number of hydrazine groups is 1. The van der Waals surface area contributed by atoms with Gasteiger partial charge in [-0.15, -0.1) is 0 Å². The molecule has 0 fully saturated rings. The summed E-state index contributed by atoms with van der Waals surface area (Å²) in [6.45, 7) is 4.06. The highest BCUT2D eigenvalue weighted by atomic mass is 15.3. The number of nitrogens with two attached hydrogens (primary N) is 1. The van der Waals surface area contributed by atoms with E-state index in [0.717, 1.165) is 24.5 Å². The van der Waals surface area contributed by atoms with E-state index >= 15 is 0 Å². The maximum absolute atomic E-state index is 8.73. The Balaban J connectivity index is 2.99. The molecule has 1 aromatic heterocycles. The molecule has 1 unspecified atom stereocenters. The highest BCUT2D eigenvalue weighted by Crippen LogP contribution is 2.18. The van der Waals surface area contributed by atoms with Crippen molar-refractivity contribution in [3.05, 3.63) is 11.9 Å². The van der Waals surface area contributed by atoms with E-state index in [-0.39, 0.29) is 6.04 Å². The molecule has 1 rings (SSSR count). The van der Waals surface area contributed by atoms with E-state index in [9.17, 15) is 0 Å². The Hall–Kier alpha value is -1.87. The Bertz CT molecular complexity index is 425. The standard InChI is InChI=1S/C12H20N6/c1-4-5-10-15-11(17-14)8-12(16-10)18(3)9(2)6-7-13/h8-9H,4-6,14H2,1-3H3,(H,15,16,17). The van der Waals surface area contributed by atoms with Crippen molar-refractivity contribution in [2.75, 3.05) is 17.4 Å². The minimum Gasteiger partial charge on any atom is -0.356 e. The Morgan fingerprint density at radius 2 is 2.28 bits per heavy atom. The molecule has 1 atom stereocenters. The van der Waals surface area contributed by atoms with Gasteiger partial charge in [0.2, 0.25) is 0 Å². The van der Waals surface area contributed by atoms with Gasteiger partial charge < -0.3 is 10.3 Å². The molecule has 0 aliphatic rings. The van der Waals surface area contributed by atoms with Crippen LogP contribution in [0.25, 0.3) is 0 Å². The first-order valence-corrected chi connectivity index (χ1v) is 6.06. The fraction of sp³-hybridized carbons (Fsp3) is 0.583. The second kappa shape index (κ2) is 6.77. The summed E-state index contributed by atoms with van der Waals surface area (Å²) >= 11 is 0. The van der Waals surface area contributed by atoms with Crippen molar-refractivity contribution in [1.29, 1.82) is 5.26 Å². The second-order valence-corrected chi connectivity index (χ2v) is 4.24. The molecule has 98 valence electrons. The van der Waals surface area contributed by atoms with Crippen molar-refractivity contribution in [3.8, 4) is 6.07 Å². The van der Waals surface area contributed by atoms with Crippen LogP contribution in [0, 0.1) is 11.3 Å². The lowest BCUT2D eigenvalue weighted by molar-refractivity contribution is 0.687. The molecular weight excluding hydrogens is 228 g/mol. The minimum absolute atomic E-state index is 0.102. The van der Waals surface area contributed by atoms with Gasteiger partial charge in [-0.05, 0) is 13.3 Å². The third-order valence-corrected chi connectivity index (χ3v) is 2.79. The van der Waals surface area contributed by atoms with E-state index in [1.807, 2.05) is 18.9 Å². The molecule has 0 aliphatic heterocycles. The number of nitrogen functional groups attached to an aromatic ring is 1. The average Bonchev–Trinajstić information content (AvgIpc) is 2.38. The Kier molecular flexibility index (Phi) is 5.33. The van der Waals surface area contributed by atoms with Crippen molar-refractivity contribution in [1.82, 2.24) is 9.97 Å². The second-order valence-electron chi connectivity index (χ2n) is 4.24. The number of nitrogens with one attached hydrogen (secondary N) is 1. The monoisotopic (exact) mass is 248 g/mol. The largest absolute Gasteiger partial charge is 0.356 e. The number of nitrogens with zero attached hydrogens (tertiary/aromatic N) is 4. The fourth-order valence-corrected chi connectivity index (χ4v) is 1.57. The Labute approximate surface area is 108 Å². The highest BCUT2D eigenvalue weighted by molar-refractivity contribution is 5.49. The van der Waals surface area contributed by atoms with Gasteiger partial charge in [0.05, 0.1) is 12.5 Å². The van der Waals surface area contributed by atoms with Gasteiger partial charge in [-0.1, -0.05) is 6.92 Å². The Morgan fingerprint density at radius 1 is 1.56 bits per heavy atom. The van der Waals surface area contributed by atoms with Crippen LogP contribution >= 0.6 is 0 Å².